The van der Waals surface area contributed by atoms with Gasteiger partial charge in [0.05, 0.1) is 0 Å². The van der Waals surface area contributed by atoms with Crippen molar-refractivity contribution >= 4 is 36.6 Å². The topological polar surface area (TPSA) is 44.8 Å². The van der Waals surface area contributed by atoms with E-state index in [4.69, 9.17) is 9.47 Å². The van der Waals surface area contributed by atoms with E-state index in [9.17, 15) is 18.0 Å². The number of esters is 1. The van der Waals surface area contributed by atoms with Crippen LogP contribution in [0.3, 0.4) is 0 Å². The second-order valence-corrected chi connectivity index (χ2v) is 9.87. The molecule has 1 aromatic heterocycles. The van der Waals surface area contributed by atoms with Crippen LogP contribution < -0.4 is 9.47 Å². The van der Waals surface area contributed by atoms with Crippen molar-refractivity contribution in [2.24, 2.45) is 0 Å². The highest BCUT2D eigenvalue weighted by Crippen LogP contribution is 2.48. The van der Waals surface area contributed by atoms with Crippen molar-refractivity contribution in [3.63, 3.8) is 0 Å². The van der Waals surface area contributed by atoms with Gasteiger partial charge in [-0.1, -0.05) is 24.3 Å². The van der Waals surface area contributed by atoms with Gasteiger partial charge < -0.3 is 14.2 Å². The molecule has 0 saturated carbocycles. The molecule has 0 aliphatic carbocycles. The fraction of sp³-hybridized carbons (Fsp3) is 0.107. The summed E-state index contributed by atoms with van der Waals surface area (Å²) in [5.74, 6) is 0.420. The zero-order valence-corrected chi connectivity index (χ0v) is 19.6. The van der Waals surface area contributed by atoms with Crippen LogP contribution in [0.1, 0.15) is 0 Å². The molecule has 5 rings (SSSR count). The molecule has 0 N–H and O–H groups in total. The van der Waals surface area contributed by atoms with Gasteiger partial charge in [0.15, 0.2) is 27.5 Å². The Morgan fingerprint density at radius 2 is 1.19 bits per heavy atom. The number of hydrogen-bond acceptors (Lipinski definition) is 4. The summed E-state index contributed by atoms with van der Waals surface area (Å²) in [6.07, 6.45) is -4.57. The molecule has 36 heavy (non-hydrogen) atoms. The van der Waals surface area contributed by atoms with Gasteiger partial charge in [-0.05, 0) is 60.7 Å². The molecule has 0 unspecified atom stereocenters. The fourth-order valence-corrected chi connectivity index (χ4v) is 6.21. The zero-order chi connectivity index (χ0) is 25.1. The largest absolute Gasteiger partial charge is 0.482 e. The predicted molar refractivity (Wildman–Crippen MR) is 134 cm³/mol. The first kappa shape index (κ1) is 23.7. The number of alkyl halides is 3. The number of hydrogen-bond donors (Lipinski definition) is 0. The number of benzene rings is 4. The van der Waals surface area contributed by atoms with Crippen LogP contribution in [0.25, 0.3) is 25.1 Å². The van der Waals surface area contributed by atoms with Crippen molar-refractivity contribution in [1.82, 2.24) is 0 Å². The molecule has 182 valence electrons. The molecule has 8 heteroatoms. The maximum Gasteiger partial charge on any atom is 0.422 e. The first-order chi connectivity index (χ1) is 17.4. The first-order valence-corrected chi connectivity index (χ1v) is 12.3. The second kappa shape index (κ2) is 9.91. The van der Waals surface area contributed by atoms with Crippen LogP contribution in [0, 0.1) is 0 Å². The van der Waals surface area contributed by atoms with Gasteiger partial charge in [0.1, 0.15) is 17.2 Å². The van der Waals surface area contributed by atoms with E-state index in [1.165, 1.54) is 25.1 Å². The molecule has 4 nitrogen and oxygen atoms in total. The van der Waals surface area contributed by atoms with Crippen LogP contribution in [-0.2, 0) is 9.53 Å². The zero-order valence-electron chi connectivity index (χ0n) is 18.8. The van der Waals surface area contributed by atoms with Gasteiger partial charge in [-0.25, -0.2) is 4.79 Å². The molecular formula is C28H20F3O4S+. The molecule has 0 aliphatic heterocycles. The fourth-order valence-electron chi connectivity index (χ4n) is 3.84. The minimum Gasteiger partial charge on any atom is -0.482 e. The number of ether oxygens (including phenoxy) is 3. The van der Waals surface area contributed by atoms with Gasteiger partial charge in [-0.15, -0.1) is 0 Å². The molecule has 0 saturated heterocycles. The van der Waals surface area contributed by atoms with E-state index in [0.29, 0.717) is 17.2 Å². The van der Waals surface area contributed by atoms with Gasteiger partial charge in [0.25, 0.3) is 0 Å². The Bertz CT molecular complexity index is 1450. The molecule has 0 fully saturated rings. The predicted octanol–water partition coefficient (Wildman–Crippen LogP) is 8.01. The summed E-state index contributed by atoms with van der Waals surface area (Å²) >= 11 is 0. The maximum atomic E-state index is 12.1. The Labute approximate surface area is 207 Å². The molecule has 0 amide bonds. The molecular weight excluding hydrogens is 489 g/mol. The highest BCUT2D eigenvalue weighted by molar-refractivity contribution is 7.50. The van der Waals surface area contributed by atoms with E-state index in [1.54, 1.807) is 24.3 Å². The highest BCUT2D eigenvalue weighted by atomic mass is 32.2. The number of fused-ring (bicyclic) bond motifs is 3. The van der Waals surface area contributed by atoms with E-state index in [-0.39, 0.29) is 10.5 Å². The van der Waals surface area contributed by atoms with Crippen molar-refractivity contribution < 1.29 is 32.2 Å². The van der Waals surface area contributed by atoms with E-state index in [1.807, 2.05) is 12.1 Å². The summed E-state index contributed by atoms with van der Waals surface area (Å²) in [4.78, 5) is 12.6. The minimum atomic E-state index is -4.57. The van der Waals surface area contributed by atoms with Gasteiger partial charge in [0.2, 0.25) is 0 Å². The van der Waals surface area contributed by atoms with Gasteiger partial charge in [0, 0.05) is 33.4 Å². The lowest BCUT2D eigenvalue weighted by Crippen LogP contribution is -2.23. The lowest BCUT2D eigenvalue weighted by molar-refractivity contribution is -0.187. The van der Waals surface area contributed by atoms with E-state index >= 15 is 0 Å². The van der Waals surface area contributed by atoms with Crippen molar-refractivity contribution in [2.75, 3.05) is 13.2 Å². The molecule has 0 spiro atoms. The third-order valence-corrected chi connectivity index (χ3v) is 7.71. The number of carbonyl (C=O) groups excluding carboxylic acids is 1. The highest BCUT2D eigenvalue weighted by Gasteiger charge is 2.29. The van der Waals surface area contributed by atoms with E-state index in [2.05, 4.69) is 65.4 Å². The summed E-state index contributed by atoms with van der Waals surface area (Å²) in [6.45, 7) is -2.26. The summed E-state index contributed by atoms with van der Waals surface area (Å²) < 4.78 is 54.1. The number of rotatable bonds is 7. The number of carbonyl (C=O) groups is 1. The average molecular weight is 510 g/mol. The van der Waals surface area contributed by atoms with Crippen LogP contribution in [0.2, 0.25) is 0 Å². The third kappa shape index (κ3) is 5.28. The summed E-state index contributed by atoms with van der Waals surface area (Å²) in [6, 6.07) is 31.4. The Balaban J connectivity index is 1.26. The Kier molecular flexibility index (Phi) is 6.52. The normalized spacial score (nSPS) is 11.5. The molecule has 0 radical (unpaired) electrons. The van der Waals surface area contributed by atoms with Crippen LogP contribution in [0.4, 0.5) is 13.2 Å². The summed E-state index contributed by atoms with van der Waals surface area (Å²) in [5, 5.41) is 2.54. The van der Waals surface area contributed by atoms with Gasteiger partial charge in [-0.3, -0.25) is 0 Å². The first-order valence-electron chi connectivity index (χ1n) is 11.0. The molecule has 4 aromatic carbocycles. The lowest BCUT2D eigenvalue weighted by Gasteiger charge is -2.10. The Morgan fingerprint density at radius 1 is 0.694 bits per heavy atom. The molecule has 1 heterocycles. The molecule has 5 aromatic rings. The summed E-state index contributed by atoms with van der Waals surface area (Å²) in [7, 11) is -0.184. The van der Waals surface area contributed by atoms with Crippen molar-refractivity contribution in [3.8, 4) is 22.1 Å². The standard InChI is InChI=1S/C28H20F3O4S/c29-28(30,31)18-34-27(32)17-33-19-9-11-20(12-10-19)35-21-13-15-22(16-14-21)36-25-7-3-1-5-23(25)24-6-2-4-8-26(24)36/h1-16H,17-18H2/q+1. The lowest BCUT2D eigenvalue weighted by atomic mass is 10.2. The number of thiophene rings is 1. The van der Waals surface area contributed by atoms with Crippen molar-refractivity contribution in [1.29, 1.82) is 0 Å². The van der Waals surface area contributed by atoms with Crippen LogP contribution in [-0.4, -0.2) is 25.4 Å². The maximum absolute atomic E-state index is 12.1. The Morgan fingerprint density at radius 3 is 1.75 bits per heavy atom. The van der Waals surface area contributed by atoms with E-state index < -0.39 is 25.4 Å². The van der Waals surface area contributed by atoms with E-state index in [0.717, 1.165) is 0 Å². The monoisotopic (exact) mass is 509 g/mol. The SMILES string of the molecule is O=C(COc1ccc(Oc2ccc(-[s+]3c4ccccc4c4ccccc43)cc2)cc1)OCC(F)(F)F. The quantitative estimate of drug-likeness (QED) is 0.165. The minimum absolute atomic E-state index is 0.184. The van der Waals surface area contributed by atoms with Crippen molar-refractivity contribution in [3.05, 3.63) is 97.1 Å². The van der Waals surface area contributed by atoms with Crippen LogP contribution in [0.15, 0.2) is 97.1 Å². The third-order valence-electron chi connectivity index (χ3n) is 5.38. The second-order valence-electron chi connectivity index (χ2n) is 7.91. The van der Waals surface area contributed by atoms with Crippen molar-refractivity contribution in [2.45, 2.75) is 6.18 Å². The summed E-state index contributed by atoms with van der Waals surface area (Å²) in [5.41, 5.74) is 0. The van der Waals surface area contributed by atoms with Gasteiger partial charge in [-0.2, -0.15) is 13.2 Å². The van der Waals surface area contributed by atoms with Crippen LogP contribution in [0.5, 0.6) is 17.2 Å². The van der Waals surface area contributed by atoms with Gasteiger partial charge >= 0.3 is 12.1 Å². The molecule has 0 bridgehead atoms. The van der Waals surface area contributed by atoms with Crippen LogP contribution >= 0.6 is 10.5 Å². The molecule has 0 atom stereocenters. The number of halogens is 3. The Hall–Kier alpha value is -4.04. The average Bonchev–Trinajstić information content (AvgIpc) is 3.22. The molecule has 0 aliphatic rings. The smallest absolute Gasteiger partial charge is 0.422 e.